The maximum absolute atomic E-state index is 14.0. The third-order valence-corrected chi connectivity index (χ3v) is 14.7. The standard InChI is InChI=1S/C57H74N12O8/c1-37-36-69-31-24-64-55(75)47-15-8-14-46(40(47)4)52(72)60-20-27-67(28-21-63-56(76)48-16-9-17-49(41(48)5)57(77)65-37)33-32-66-25-18-58-50(70)42-10-6-12-44(38(42)2)53(73)61-22-29-68(34-35-69)30-23-62-54(74)45-13-7-11-43(39(45)3)51(71)59-19-26-66/h6-17,37H,18-36H2,1-5H3,(H,58,70)(H,59,71)(H,60,72)(H,61,73)(H,62,74)(H,63,76)(H,64,75)(H,65,77). The van der Waals surface area contributed by atoms with Gasteiger partial charge < -0.3 is 42.5 Å². The highest BCUT2D eigenvalue weighted by Gasteiger charge is 2.24. The van der Waals surface area contributed by atoms with Gasteiger partial charge in [-0.1, -0.05) is 24.3 Å². The molecule has 4 aliphatic heterocycles. The summed E-state index contributed by atoms with van der Waals surface area (Å²) in [6, 6.07) is 19.8. The summed E-state index contributed by atoms with van der Waals surface area (Å²) in [5.74, 6) is -2.71. The highest BCUT2D eigenvalue weighted by atomic mass is 16.2. The number of carbonyl (C=O) groups is 8. The van der Waals surface area contributed by atoms with Crippen molar-refractivity contribution in [3.8, 4) is 0 Å². The van der Waals surface area contributed by atoms with Crippen LogP contribution in [0.3, 0.4) is 0 Å². The van der Waals surface area contributed by atoms with Crippen molar-refractivity contribution in [3.63, 3.8) is 0 Å². The minimum Gasteiger partial charge on any atom is -0.351 e. The van der Waals surface area contributed by atoms with Crippen LogP contribution in [0, 0.1) is 27.7 Å². The Balaban J connectivity index is 1.29. The van der Waals surface area contributed by atoms with Crippen molar-refractivity contribution in [2.24, 2.45) is 0 Å². The minimum absolute atomic E-state index is 0.220. The van der Waals surface area contributed by atoms with Gasteiger partial charge >= 0.3 is 0 Å². The zero-order chi connectivity index (χ0) is 55.0. The first-order valence-electron chi connectivity index (χ1n) is 26.7. The molecule has 0 spiro atoms. The van der Waals surface area contributed by atoms with Gasteiger partial charge in [0.1, 0.15) is 0 Å². The van der Waals surface area contributed by atoms with Crippen molar-refractivity contribution in [2.45, 2.75) is 40.7 Å². The molecular formula is C57H74N12O8. The molecule has 410 valence electrons. The Morgan fingerprint density at radius 2 is 0.494 bits per heavy atom. The fraction of sp³-hybridized carbons (Fsp3) is 0.439. The average molecular weight is 1060 g/mol. The van der Waals surface area contributed by atoms with Crippen molar-refractivity contribution in [1.82, 2.24) is 62.1 Å². The van der Waals surface area contributed by atoms with E-state index in [0.717, 1.165) is 0 Å². The van der Waals surface area contributed by atoms with Crippen LogP contribution in [0.5, 0.6) is 0 Å². The number of hydrogen-bond donors (Lipinski definition) is 8. The van der Waals surface area contributed by atoms with E-state index < -0.39 is 6.04 Å². The van der Waals surface area contributed by atoms with Crippen molar-refractivity contribution in [2.75, 3.05) is 124 Å². The first-order valence-corrected chi connectivity index (χ1v) is 26.7. The van der Waals surface area contributed by atoms with E-state index in [1.54, 1.807) is 100 Å². The number of carbonyl (C=O) groups excluding carboxylic acids is 8. The van der Waals surface area contributed by atoms with Crippen LogP contribution in [-0.4, -0.2) is 197 Å². The van der Waals surface area contributed by atoms with Crippen LogP contribution in [0.2, 0.25) is 0 Å². The lowest BCUT2D eigenvalue weighted by atomic mass is 10.0. The largest absolute Gasteiger partial charge is 0.351 e. The molecule has 0 fully saturated rings. The van der Waals surface area contributed by atoms with E-state index in [0.29, 0.717) is 145 Å². The summed E-state index contributed by atoms with van der Waals surface area (Å²) >= 11 is 0. The van der Waals surface area contributed by atoms with Gasteiger partial charge in [-0.15, -0.1) is 0 Å². The SMILES string of the molecule is Cc1c2cccc1C(=O)NCCN1CCNC(=O)c3cccc(c3C)C(=O)NCCN(CCNC2=O)CCN2CCNC(=O)c3cccc(c3C)C(=O)NCCN(CC1)CC(C)NC(=O)c1cccc(c1C)C(=O)NCC2. The maximum Gasteiger partial charge on any atom is 0.251 e. The van der Waals surface area contributed by atoms with Gasteiger partial charge in [-0.05, 0) is 105 Å². The fourth-order valence-corrected chi connectivity index (χ4v) is 10.1. The summed E-state index contributed by atoms with van der Waals surface area (Å²) in [7, 11) is 0. The third-order valence-electron chi connectivity index (χ3n) is 14.7. The van der Waals surface area contributed by atoms with Crippen LogP contribution in [0.1, 0.15) is 112 Å². The highest BCUT2D eigenvalue weighted by molar-refractivity contribution is 6.04. The van der Waals surface area contributed by atoms with Gasteiger partial charge in [0.05, 0.1) is 0 Å². The molecule has 0 aliphatic carbocycles. The summed E-state index contributed by atoms with van der Waals surface area (Å²) < 4.78 is 0. The summed E-state index contributed by atoms with van der Waals surface area (Å²) in [6.07, 6.45) is 0. The Labute approximate surface area is 450 Å². The molecule has 0 saturated heterocycles. The Morgan fingerprint density at radius 1 is 0.299 bits per heavy atom. The quantitative estimate of drug-likeness (QED) is 0.125. The van der Waals surface area contributed by atoms with Gasteiger partial charge in [-0.3, -0.25) is 58.0 Å². The molecule has 20 heteroatoms. The number of benzene rings is 4. The lowest BCUT2D eigenvalue weighted by molar-refractivity contribution is 0.0905. The summed E-state index contributed by atoms with van der Waals surface area (Å²) in [4.78, 5) is 119. The molecule has 4 heterocycles. The Morgan fingerprint density at radius 3 is 0.727 bits per heavy atom. The fourth-order valence-electron chi connectivity index (χ4n) is 10.1. The minimum atomic E-state index is -0.408. The summed E-state index contributed by atoms with van der Waals surface area (Å²) in [5, 5.41) is 24.4. The van der Waals surface area contributed by atoms with Gasteiger partial charge in [-0.25, -0.2) is 0 Å². The molecule has 77 heavy (non-hydrogen) atoms. The lowest BCUT2D eigenvalue weighted by Gasteiger charge is -2.30. The molecule has 8 amide bonds. The third kappa shape index (κ3) is 15.3. The van der Waals surface area contributed by atoms with Crippen LogP contribution in [0.25, 0.3) is 0 Å². The molecule has 4 aliphatic rings. The zero-order valence-corrected chi connectivity index (χ0v) is 45.0. The number of fused-ring (bicyclic) bond motifs is 16. The van der Waals surface area contributed by atoms with Crippen LogP contribution in [0.15, 0.2) is 72.8 Å². The molecule has 0 radical (unpaired) electrons. The number of rotatable bonds is 0. The van der Waals surface area contributed by atoms with Crippen LogP contribution in [0.4, 0.5) is 0 Å². The van der Waals surface area contributed by atoms with Crippen molar-refractivity contribution in [1.29, 1.82) is 0 Å². The monoisotopic (exact) mass is 1050 g/mol. The zero-order valence-electron chi connectivity index (χ0n) is 45.0. The van der Waals surface area contributed by atoms with Crippen molar-refractivity contribution < 1.29 is 38.4 Å². The van der Waals surface area contributed by atoms with Crippen molar-refractivity contribution >= 4 is 47.3 Å². The molecule has 4 aromatic carbocycles. The Hall–Kier alpha value is -7.52. The van der Waals surface area contributed by atoms with Crippen molar-refractivity contribution in [3.05, 3.63) is 140 Å². The van der Waals surface area contributed by atoms with Gasteiger partial charge in [0.2, 0.25) is 0 Å². The number of hydrogen-bond acceptors (Lipinski definition) is 12. The maximum atomic E-state index is 14.0. The van der Waals surface area contributed by atoms with E-state index in [2.05, 4.69) is 62.1 Å². The van der Waals surface area contributed by atoms with E-state index in [4.69, 9.17) is 0 Å². The predicted octanol–water partition coefficient (Wildman–Crippen LogP) is 1.50. The molecule has 8 rings (SSSR count). The van der Waals surface area contributed by atoms with E-state index in [1.165, 1.54) is 0 Å². The van der Waals surface area contributed by atoms with Crippen LogP contribution < -0.4 is 42.5 Å². The normalized spacial score (nSPS) is 22.8. The van der Waals surface area contributed by atoms with Crippen LogP contribution in [-0.2, 0) is 0 Å². The molecule has 8 N–H and O–H groups in total. The van der Waals surface area contributed by atoms with Gasteiger partial charge in [0.15, 0.2) is 0 Å². The second kappa shape index (κ2) is 27.5. The van der Waals surface area contributed by atoms with E-state index in [-0.39, 0.29) is 93.1 Å². The lowest BCUT2D eigenvalue weighted by Crippen LogP contribution is -2.48. The second-order valence-electron chi connectivity index (χ2n) is 19.9. The first-order chi connectivity index (χ1) is 37.1. The second-order valence-corrected chi connectivity index (χ2v) is 19.9. The number of amides is 8. The van der Waals surface area contributed by atoms with Crippen LogP contribution >= 0.6 is 0 Å². The Bertz CT molecular complexity index is 2750. The molecular weight excluding hydrogens is 981 g/mol. The molecule has 4 aromatic rings. The molecule has 12 bridgehead atoms. The molecule has 0 aromatic heterocycles. The smallest absolute Gasteiger partial charge is 0.251 e. The molecule has 3 atom stereocenters. The highest BCUT2D eigenvalue weighted by Crippen LogP contribution is 2.18. The first kappa shape index (κ1) is 57.2. The average Bonchev–Trinajstić information content (AvgIpc) is 3.41. The topological polar surface area (TPSA) is 246 Å². The summed E-state index contributed by atoms with van der Waals surface area (Å²) in [5.41, 5.74) is 4.99. The number of nitrogens with zero attached hydrogens (tertiary/aromatic N) is 4. The van der Waals surface area contributed by atoms with Gasteiger partial charge in [0.25, 0.3) is 47.3 Å². The van der Waals surface area contributed by atoms with E-state index >= 15 is 0 Å². The summed E-state index contributed by atoms with van der Waals surface area (Å²) in [6.45, 7) is 15.1. The predicted molar refractivity (Wildman–Crippen MR) is 294 cm³/mol. The molecule has 0 saturated carbocycles. The molecule has 20 nitrogen and oxygen atoms in total. The van der Waals surface area contributed by atoms with E-state index in [1.807, 2.05) is 6.92 Å². The van der Waals surface area contributed by atoms with Gasteiger partial charge in [-0.2, -0.15) is 0 Å². The number of nitrogens with one attached hydrogen (secondary N) is 8. The Kier molecular flexibility index (Phi) is 20.4. The van der Waals surface area contributed by atoms with E-state index in [9.17, 15) is 38.4 Å². The van der Waals surface area contributed by atoms with Gasteiger partial charge in [0, 0.05) is 175 Å². The molecule has 3 unspecified atom stereocenters.